The van der Waals surface area contributed by atoms with E-state index in [2.05, 4.69) is 20.6 Å². The number of carbonyl (C=O) groups excluding carboxylic acids is 1. The number of carbonyl (C=O) groups is 1. The zero-order valence-electron chi connectivity index (χ0n) is 11.0. The molecule has 1 aromatic heterocycles. The van der Waals surface area contributed by atoms with E-state index >= 15 is 0 Å². The van der Waals surface area contributed by atoms with E-state index < -0.39 is 18.0 Å². The number of nitrogens with one attached hydrogen (secondary N) is 2. The lowest BCUT2D eigenvalue weighted by Crippen LogP contribution is -2.16. The first-order valence-electron chi connectivity index (χ1n) is 5.90. The predicted octanol–water partition coefficient (Wildman–Crippen LogP) is 1.90. The molecule has 6 nitrogen and oxygen atoms in total. The molecule has 0 aromatic carbocycles. The van der Waals surface area contributed by atoms with E-state index in [9.17, 15) is 18.0 Å². The summed E-state index contributed by atoms with van der Waals surface area (Å²) in [4.78, 5) is 17.8. The summed E-state index contributed by atoms with van der Waals surface area (Å²) in [6, 6.07) is 1.32. The SMILES string of the molecule is CCOC(=O)CCNc1cc(NC)nc(C(F)(F)F)n1. The molecule has 0 aliphatic heterocycles. The van der Waals surface area contributed by atoms with Crippen molar-refractivity contribution >= 4 is 17.6 Å². The van der Waals surface area contributed by atoms with Gasteiger partial charge < -0.3 is 15.4 Å². The van der Waals surface area contributed by atoms with Gasteiger partial charge in [0.25, 0.3) is 0 Å². The minimum absolute atomic E-state index is 0.0130. The zero-order valence-corrected chi connectivity index (χ0v) is 11.0. The molecule has 20 heavy (non-hydrogen) atoms. The Hall–Kier alpha value is -2.06. The summed E-state index contributed by atoms with van der Waals surface area (Å²) in [5, 5.41) is 5.15. The maximum absolute atomic E-state index is 12.6. The number of nitrogens with zero attached hydrogens (tertiary/aromatic N) is 2. The number of anilines is 2. The summed E-state index contributed by atoms with van der Waals surface area (Å²) in [7, 11) is 1.45. The second-order valence-electron chi connectivity index (χ2n) is 3.69. The van der Waals surface area contributed by atoms with Crippen molar-refractivity contribution in [3.8, 4) is 0 Å². The Morgan fingerprint density at radius 1 is 1.35 bits per heavy atom. The number of rotatable bonds is 6. The highest BCUT2D eigenvalue weighted by Gasteiger charge is 2.35. The molecule has 1 aromatic rings. The number of hydrogen-bond acceptors (Lipinski definition) is 6. The molecule has 0 unspecified atom stereocenters. The quantitative estimate of drug-likeness (QED) is 0.780. The van der Waals surface area contributed by atoms with Gasteiger partial charge in [0.15, 0.2) is 0 Å². The van der Waals surface area contributed by atoms with E-state index in [1.165, 1.54) is 13.1 Å². The fraction of sp³-hybridized carbons (Fsp3) is 0.545. The summed E-state index contributed by atoms with van der Waals surface area (Å²) in [5.41, 5.74) is 0. The molecule has 112 valence electrons. The first-order valence-corrected chi connectivity index (χ1v) is 5.90. The van der Waals surface area contributed by atoms with Crippen LogP contribution in [0.25, 0.3) is 0 Å². The third-order valence-corrected chi connectivity index (χ3v) is 2.18. The summed E-state index contributed by atoms with van der Waals surface area (Å²) in [5.74, 6) is -1.66. The minimum Gasteiger partial charge on any atom is -0.466 e. The van der Waals surface area contributed by atoms with Crippen LogP contribution in [-0.4, -0.2) is 36.1 Å². The number of aromatic nitrogens is 2. The highest BCUT2D eigenvalue weighted by atomic mass is 19.4. The van der Waals surface area contributed by atoms with Crippen molar-refractivity contribution in [2.45, 2.75) is 19.5 Å². The monoisotopic (exact) mass is 292 g/mol. The molecule has 0 amide bonds. The van der Waals surface area contributed by atoms with Gasteiger partial charge in [-0.15, -0.1) is 0 Å². The van der Waals surface area contributed by atoms with Gasteiger partial charge >= 0.3 is 12.1 Å². The smallest absolute Gasteiger partial charge is 0.451 e. The van der Waals surface area contributed by atoms with E-state index in [-0.39, 0.29) is 31.2 Å². The minimum atomic E-state index is -4.63. The molecule has 0 saturated carbocycles. The predicted molar refractivity (Wildman–Crippen MR) is 66.3 cm³/mol. The van der Waals surface area contributed by atoms with Crippen LogP contribution in [0.15, 0.2) is 6.07 Å². The molecular weight excluding hydrogens is 277 g/mol. The number of halogens is 3. The maximum atomic E-state index is 12.6. The van der Waals surface area contributed by atoms with E-state index in [1.807, 2.05) is 0 Å². The molecule has 9 heteroatoms. The normalized spacial score (nSPS) is 11.1. The van der Waals surface area contributed by atoms with Crippen LogP contribution >= 0.6 is 0 Å². The maximum Gasteiger partial charge on any atom is 0.451 e. The van der Waals surface area contributed by atoms with Crippen LogP contribution in [0.5, 0.6) is 0 Å². The fourth-order valence-corrected chi connectivity index (χ4v) is 1.32. The average molecular weight is 292 g/mol. The Bertz CT molecular complexity index is 465. The second-order valence-corrected chi connectivity index (χ2v) is 3.69. The van der Waals surface area contributed by atoms with Crippen LogP contribution in [0.3, 0.4) is 0 Å². The molecule has 0 fully saturated rings. The van der Waals surface area contributed by atoms with Gasteiger partial charge in [0, 0.05) is 19.7 Å². The van der Waals surface area contributed by atoms with Gasteiger partial charge in [-0.2, -0.15) is 13.2 Å². The molecule has 1 heterocycles. The molecule has 0 atom stereocenters. The summed E-state index contributed by atoms with van der Waals surface area (Å²) >= 11 is 0. The van der Waals surface area contributed by atoms with Gasteiger partial charge in [-0.3, -0.25) is 4.79 Å². The largest absolute Gasteiger partial charge is 0.466 e. The van der Waals surface area contributed by atoms with Crippen molar-refractivity contribution in [3.63, 3.8) is 0 Å². The standard InChI is InChI=1S/C11H15F3N4O2/c1-3-20-9(19)4-5-16-8-6-7(15-2)17-10(18-8)11(12,13)14/h6H,3-5H2,1-2H3,(H2,15,16,17,18). The van der Waals surface area contributed by atoms with Crippen molar-refractivity contribution in [2.24, 2.45) is 0 Å². The van der Waals surface area contributed by atoms with Gasteiger partial charge in [-0.1, -0.05) is 0 Å². The Kier molecular flexibility index (Phi) is 5.53. The summed E-state index contributed by atoms with van der Waals surface area (Å²) in [6.07, 6.45) is -4.60. The van der Waals surface area contributed by atoms with Crippen LogP contribution < -0.4 is 10.6 Å². The molecular formula is C11H15F3N4O2. The lowest BCUT2D eigenvalue weighted by molar-refractivity contribution is -0.145. The molecule has 0 aliphatic rings. The third kappa shape index (κ3) is 4.90. The zero-order chi connectivity index (χ0) is 15.2. The first kappa shape index (κ1) is 16.0. The van der Waals surface area contributed by atoms with Gasteiger partial charge in [-0.05, 0) is 6.92 Å². The molecule has 0 aliphatic carbocycles. The van der Waals surface area contributed by atoms with Crippen molar-refractivity contribution in [3.05, 3.63) is 11.9 Å². The summed E-state index contributed by atoms with van der Waals surface area (Å²) < 4.78 is 42.4. The fourth-order valence-electron chi connectivity index (χ4n) is 1.32. The Morgan fingerprint density at radius 2 is 2.00 bits per heavy atom. The number of ether oxygens (including phenoxy) is 1. The number of alkyl halides is 3. The molecule has 1 rings (SSSR count). The molecule has 0 bridgehead atoms. The molecule has 2 N–H and O–H groups in total. The molecule has 0 spiro atoms. The van der Waals surface area contributed by atoms with Crippen LogP contribution in [0.4, 0.5) is 24.8 Å². The topological polar surface area (TPSA) is 76.1 Å². The van der Waals surface area contributed by atoms with Gasteiger partial charge in [-0.25, -0.2) is 9.97 Å². The van der Waals surface area contributed by atoms with Crippen molar-refractivity contribution in [1.82, 2.24) is 9.97 Å². The van der Waals surface area contributed by atoms with Crippen LogP contribution in [0.2, 0.25) is 0 Å². The van der Waals surface area contributed by atoms with Crippen molar-refractivity contribution in [1.29, 1.82) is 0 Å². The first-order chi connectivity index (χ1) is 9.36. The highest BCUT2D eigenvalue weighted by molar-refractivity contribution is 5.70. The summed E-state index contributed by atoms with van der Waals surface area (Å²) in [6.45, 7) is 2.05. The number of hydrogen-bond donors (Lipinski definition) is 2. The van der Waals surface area contributed by atoms with Crippen LogP contribution in [0, 0.1) is 0 Å². The van der Waals surface area contributed by atoms with Crippen molar-refractivity contribution in [2.75, 3.05) is 30.8 Å². The average Bonchev–Trinajstić information content (AvgIpc) is 2.37. The van der Waals surface area contributed by atoms with Gasteiger partial charge in [0.2, 0.25) is 5.82 Å². The van der Waals surface area contributed by atoms with Gasteiger partial charge in [0.1, 0.15) is 11.6 Å². The second kappa shape index (κ2) is 6.92. The molecule has 0 radical (unpaired) electrons. The van der Waals surface area contributed by atoms with E-state index in [0.29, 0.717) is 0 Å². The lowest BCUT2D eigenvalue weighted by atomic mass is 10.4. The lowest BCUT2D eigenvalue weighted by Gasteiger charge is -2.11. The van der Waals surface area contributed by atoms with E-state index in [0.717, 1.165) is 0 Å². The Balaban J connectivity index is 2.72. The Morgan fingerprint density at radius 3 is 2.55 bits per heavy atom. The third-order valence-electron chi connectivity index (χ3n) is 2.18. The number of esters is 1. The van der Waals surface area contributed by atoms with Crippen LogP contribution in [-0.2, 0) is 15.7 Å². The van der Waals surface area contributed by atoms with E-state index in [1.54, 1.807) is 6.92 Å². The van der Waals surface area contributed by atoms with Gasteiger partial charge in [0.05, 0.1) is 13.0 Å². The van der Waals surface area contributed by atoms with Crippen molar-refractivity contribution < 1.29 is 22.7 Å². The highest BCUT2D eigenvalue weighted by Crippen LogP contribution is 2.28. The van der Waals surface area contributed by atoms with Crippen LogP contribution in [0.1, 0.15) is 19.2 Å². The Labute approximate surface area is 113 Å². The van der Waals surface area contributed by atoms with E-state index in [4.69, 9.17) is 4.74 Å². The molecule has 0 saturated heterocycles.